The zero-order chi connectivity index (χ0) is 13.5. The summed E-state index contributed by atoms with van der Waals surface area (Å²) in [4.78, 5) is 15.8. The first-order chi connectivity index (χ1) is 9.12. The van der Waals surface area contributed by atoms with E-state index in [0.29, 0.717) is 17.2 Å². The summed E-state index contributed by atoms with van der Waals surface area (Å²) >= 11 is 1.75. The highest BCUT2D eigenvalue weighted by atomic mass is 32.1. The molecule has 0 bridgehead atoms. The Bertz CT molecular complexity index is 476. The van der Waals surface area contributed by atoms with E-state index < -0.39 is 0 Å². The minimum Gasteiger partial charge on any atom is -0.340 e. The first-order valence-corrected chi connectivity index (χ1v) is 7.99. The molecule has 1 aromatic rings. The van der Waals surface area contributed by atoms with Crippen LogP contribution >= 0.6 is 11.3 Å². The molecule has 1 unspecified atom stereocenters. The molecule has 1 aromatic heterocycles. The lowest BCUT2D eigenvalue weighted by Gasteiger charge is -2.25. The summed E-state index contributed by atoms with van der Waals surface area (Å²) in [5.74, 6) is 0.648. The van der Waals surface area contributed by atoms with Crippen molar-refractivity contribution in [2.75, 3.05) is 20.1 Å². The quantitative estimate of drug-likeness (QED) is 0.921. The van der Waals surface area contributed by atoms with Crippen LogP contribution in [0.3, 0.4) is 0 Å². The largest absolute Gasteiger partial charge is 0.340 e. The lowest BCUT2D eigenvalue weighted by atomic mass is 9.91. The van der Waals surface area contributed by atoms with Crippen LogP contribution in [0.15, 0.2) is 11.4 Å². The number of amides is 1. The van der Waals surface area contributed by atoms with Crippen molar-refractivity contribution in [1.29, 1.82) is 0 Å². The molecule has 1 N–H and O–H groups in total. The highest BCUT2D eigenvalue weighted by Crippen LogP contribution is 2.59. The van der Waals surface area contributed by atoms with Gasteiger partial charge in [0.15, 0.2) is 0 Å². The number of aryl methyl sites for hydroxylation is 1. The lowest BCUT2D eigenvalue weighted by Crippen LogP contribution is -2.34. The van der Waals surface area contributed by atoms with Crippen molar-refractivity contribution in [3.63, 3.8) is 0 Å². The van der Waals surface area contributed by atoms with E-state index in [0.717, 1.165) is 26.1 Å². The van der Waals surface area contributed by atoms with Gasteiger partial charge in [0.1, 0.15) is 0 Å². The summed E-state index contributed by atoms with van der Waals surface area (Å²) in [6.45, 7) is 5.05. The van der Waals surface area contributed by atoms with Gasteiger partial charge in [-0.25, -0.2) is 0 Å². The lowest BCUT2D eigenvalue weighted by molar-refractivity contribution is -0.132. The Morgan fingerprint density at radius 3 is 2.89 bits per heavy atom. The van der Waals surface area contributed by atoms with E-state index in [4.69, 9.17) is 0 Å². The van der Waals surface area contributed by atoms with Crippen molar-refractivity contribution in [3.8, 4) is 0 Å². The Balaban J connectivity index is 1.60. The number of hydrogen-bond acceptors (Lipinski definition) is 3. The van der Waals surface area contributed by atoms with Gasteiger partial charge in [-0.3, -0.25) is 4.79 Å². The van der Waals surface area contributed by atoms with Crippen molar-refractivity contribution in [1.82, 2.24) is 10.2 Å². The monoisotopic (exact) mass is 278 g/mol. The van der Waals surface area contributed by atoms with Gasteiger partial charge in [0.2, 0.25) is 5.91 Å². The summed E-state index contributed by atoms with van der Waals surface area (Å²) in [6, 6.07) is 2.13. The van der Waals surface area contributed by atoms with Gasteiger partial charge in [-0.15, -0.1) is 11.3 Å². The smallest absolute Gasteiger partial charge is 0.226 e. The second kappa shape index (κ2) is 4.91. The molecule has 2 aliphatic rings. The summed E-state index contributed by atoms with van der Waals surface area (Å²) in [7, 11) is 1.95. The Labute approximate surface area is 119 Å². The second-order valence-corrected chi connectivity index (χ2v) is 7.09. The number of carbonyl (C=O) groups excluding carboxylic acids is 1. The highest BCUT2D eigenvalue weighted by molar-refractivity contribution is 7.10. The molecule has 1 saturated heterocycles. The van der Waals surface area contributed by atoms with Crippen LogP contribution in [0.2, 0.25) is 0 Å². The maximum Gasteiger partial charge on any atom is 0.226 e. The Hall–Kier alpha value is -0.870. The standard InChI is InChI=1S/C15H22N2OS/c1-11-3-8-19-13(11)10-17(2)14(18)12-9-15(12)4-6-16-7-5-15/h3,8,12,16H,4-7,9-10H2,1-2H3. The average molecular weight is 278 g/mol. The molecule has 1 spiro atoms. The van der Waals surface area contributed by atoms with Gasteiger partial charge in [-0.2, -0.15) is 0 Å². The predicted octanol–water partition coefficient (Wildman–Crippen LogP) is 2.40. The summed E-state index contributed by atoms with van der Waals surface area (Å²) < 4.78 is 0. The van der Waals surface area contributed by atoms with E-state index >= 15 is 0 Å². The zero-order valence-corrected chi connectivity index (χ0v) is 12.6. The van der Waals surface area contributed by atoms with Gasteiger partial charge in [-0.05, 0) is 61.7 Å². The summed E-state index contributed by atoms with van der Waals surface area (Å²) in [5, 5.41) is 5.50. The molecule has 1 aliphatic heterocycles. The van der Waals surface area contributed by atoms with Crippen molar-refractivity contribution >= 4 is 17.2 Å². The number of rotatable bonds is 3. The Morgan fingerprint density at radius 1 is 1.53 bits per heavy atom. The molecule has 1 saturated carbocycles. The highest BCUT2D eigenvalue weighted by Gasteiger charge is 2.58. The van der Waals surface area contributed by atoms with Crippen LogP contribution in [0.4, 0.5) is 0 Å². The molecule has 1 amide bonds. The molecule has 19 heavy (non-hydrogen) atoms. The molecule has 4 heteroatoms. The van der Waals surface area contributed by atoms with Crippen molar-refractivity contribution in [3.05, 3.63) is 21.9 Å². The van der Waals surface area contributed by atoms with Gasteiger partial charge in [0, 0.05) is 17.8 Å². The molecular weight excluding hydrogens is 256 g/mol. The fraction of sp³-hybridized carbons (Fsp3) is 0.667. The van der Waals surface area contributed by atoms with Crippen LogP contribution in [-0.2, 0) is 11.3 Å². The molecule has 1 atom stereocenters. The first-order valence-electron chi connectivity index (χ1n) is 7.11. The van der Waals surface area contributed by atoms with Gasteiger partial charge in [0.25, 0.3) is 0 Å². The molecular formula is C15H22N2OS. The number of nitrogens with one attached hydrogen (secondary N) is 1. The first kappa shape index (κ1) is 13.1. The Morgan fingerprint density at radius 2 is 2.26 bits per heavy atom. The number of thiophene rings is 1. The second-order valence-electron chi connectivity index (χ2n) is 6.09. The number of nitrogens with zero attached hydrogens (tertiary/aromatic N) is 1. The molecule has 2 heterocycles. The maximum absolute atomic E-state index is 12.5. The minimum absolute atomic E-state index is 0.292. The van der Waals surface area contributed by atoms with Crippen LogP contribution in [0, 0.1) is 18.3 Å². The van der Waals surface area contributed by atoms with E-state index in [1.165, 1.54) is 23.3 Å². The number of carbonyl (C=O) groups is 1. The molecule has 3 rings (SSSR count). The minimum atomic E-state index is 0.292. The van der Waals surface area contributed by atoms with Crippen LogP contribution in [-0.4, -0.2) is 30.9 Å². The third kappa shape index (κ3) is 2.43. The van der Waals surface area contributed by atoms with Crippen LogP contribution in [0.5, 0.6) is 0 Å². The molecule has 0 radical (unpaired) electrons. The molecule has 104 valence electrons. The number of hydrogen-bond donors (Lipinski definition) is 1. The SMILES string of the molecule is Cc1ccsc1CN(C)C(=O)C1CC12CCNCC2. The predicted molar refractivity (Wildman–Crippen MR) is 78.2 cm³/mol. The maximum atomic E-state index is 12.5. The zero-order valence-electron chi connectivity index (χ0n) is 11.7. The normalized spacial score (nSPS) is 24.4. The molecule has 1 aliphatic carbocycles. The van der Waals surface area contributed by atoms with Gasteiger partial charge in [-0.1, -0.05) is 0 Å². The third-order valence-corrected chi connectivity index (χ3v) is 5.82. The van der Waals surface area contributed by atoms with E-state index in [1.807, 2.05) is 11.9 Å². The van der Waals surface area contributed by atoms with Crippen molar-refractivity contribution in [2.45, 2.75) is 32.7 Å². The van der Waals surface area contributed by atoms with Gasteiger partial charge < -0.3 is 10.2 Å². The van der Waals surface area contributed by atoms with E-state index in [2.05, 4.69) is 23.7 Å². The Kier molecular flexibility index (Phi) is 3.39. The third-order valence-electron chi connectivity index (χ3n) is 4.81. The van der Waals surface area contributed by atoms with Crippen LogP contribution in [0.1, 0.15) is 29.7 Å². The van der Waals surface area contributed by atoms with Crippen LogP contribution < -0.4 is 5.32 Å². The fourth-order valence-corrected chi connectivity index (χ4v) is 4.26. The molecule has 3 nitrogen and oxygen atoms in total. The van der Waals surface area contributed by atoms with Crippen molar-refractivity contribution in [2.24, 2.45) is 11.3 Å². The van der Waals surface area contributed by atoms with Gasteiger partial charge in [0.05, 0.1) is 6.54 Å². The fourth-order valence-electron chi connectivity index (χ4n) is 3.30. The topological polar surface area (TPSA) is 32.3 Å². The average Bonchev–Trinajstić information content (AvgIpc) is 2.94. The van der Waals surface area contributed by atoms with Crippen LogP contribution in [0.25, 0.3) is 0 Å². The van der Waals surface area contributed by atoms with E-state index in [9.17, 15) is 4.79 Å². The van der Waals surface area contributed by atoms with Crippen molar-refractivity contribution < 1.29 is 4.79 Å². The van der Waals surface area contributed by atoms with E-state index in [1.54, 1.807) is 11.3 Å². The van der Waals surface area contributed by atoms with E-state index in [-0.39, 0.29) is 0 Å². The number of piperidine rings is 1. The molecule has 2 fully saturated rings. The summed E-state index contributed by atoms with van der Waals surface area (Å²) in [6.07, 6.45) is 3.46. The molecule has 0 aromatic carbocycles. The van der Waals surface area contributed by atoms with Gasteiger partial charge >= 0.3 is 0 Å². The summed E-state index contributed by atoms with van der Waals surface area (Å²) in [5.41, 5.74) is 1.65.